The third-order valence-corrected chi connectivity index (χ3v) is 3.30. The topological polar surface area (TPSA) is 23.5 Å². The average molecular weight is 185 g/mol. The highest BCUT2D eigenvalue weighted by molar-refractivity contribution is 4.81. The standard InChI is InChI=1S/C11H23NO/c1-10-6-5-7-11(10)12(2)8-3-4-9-13/h10-11,13H,3-9H2,1-2H3. The Hall–Kier alpha value is -0.0800. The van der Waals surface area contributed by atoms with E-state index in [1.807, 2.05) is 0 Å². The zero-order chi connectivity index (χ0) is 9.68. The van der Waals surface area contributed by atoms with Crippen molar-refractivity contribution in [1.29, 1.82) is 0 Å². The van der Waals surface area contributed by atoms with Crippen molar-refractivity contribution in [2.24, 2.45) is 5.92 Å². The van der Waals surface area contributed by atoms with Crippen molar-refractivity contribution in [3.8, 4) is 0 Å². The van der Waals surface area contributed by atoms with Gasteiger partial charge in [-0.25, -0.2) is 0 Å². The minimum Gasteiger partial charge on any atom is -0.396 e. The molecule has 0 aromatic rings. The van der Waals surface area contributed by atoms with Gasteiger partial charge in [0.15, 0.2) is 0 Å². The molecule has 0 heterocycles. The molecule has 0 amide bonds. The van der Waals surface area contributed by atoms with Gasteiger partial charge >= 0.3 is 0 Å². The highest BCUT2D eigenvalue weighted by Gasteiger charge is 2.26. The molecular formula is C11H23NO. The molecule has 13 heavy (non-hydrogen) atoms. The summed E-state index contributed by atoms with van der Waals surface area (Å²) in [5.74, 6) is 0.874. The molecule has 1 rings (SSSR count). The number of nitrogens with zero attached hydrogens (tertiary/aromatic N) is 1. The molecule has 0 saturated heterocycles. The van der Waals surface area contributed by atoms with Gasteiger partial charge in [0.25, 0.3) is 0 Å². The third kappa shape index (κ3) is 3.28. The molecule has 78 valence electrons. The number of aliphatic hydroxyl groups is 1. The maximum Gasteiger partial charge on any atom is 0.0431 e. The van der Waals surface area contributed by atoms with Crippen molar-refractivity contribution < 1.29 is 5.11 Å². The van der Waals surface area contributed by atoms with Crippen LogP contribution in [0, 0.1) is 5.92 Å². The van der Waals surface area contributed by atoms with Gasteiger partial charge in [0.05, 0.1) is 0 Å². The van der Waals surface area contributed by atoms with Crippen molar-refractivity contribution in [2.45, 2.75) is 45.1 Å². The Kier molecular flexibility index (Phi) is 4.74. The van der Waals surface area contributed by atoms with Crippen LogP contribution in [0.1, 0.15) is 39.0 Å². The Morgan fingerprint density at radius 1 is 1.31 bits per heavy atom. The predicted molar refractivity (Wildman–Crippen MR) is 55.8 cm³/mol. The van der Waals surface area contributed by atoms with Crippen LogP contribution < -0.4 is 0 Å². The van der Waals surface area contributed by atoms with Gasteiger partial charge in [-0.15, -0.1) is 0 Å². The fourth-order valence-electron chi connectivity index (χ4n) is 2.42. The van der Waals surface area contributed by atoms with Gasteiger partial charge in [0, 0.05) is 12.6 Å². The van der Waals surface area contributed by atoms with Crippen molar-refractivity contribution >= 4 is 0 Å². The molecule has 0 bridgehead atoms. The second-order valence-corrected chi connectivity index (χ2v) is 4.39. The molecule has 0 aromatic carbocycles. The molecule has 0 spiro atoms. The lowest BCUT2D eigenvalue weighted by atomic mass is 10.1. The van der Waals surface area contributed by atoms with E-state index < -0.39 is 0 Å². The molecule has 0 radical (unpaired) electrons. The summed E-state index contributed by atoms with van der Waals surface area (Å²) in [6.07, 6.45) is 6.25. The van der Waals surface area contributed by atoms with Crippen LogP contribution in [0.2, 0.25) is 0 Å². The molecule has 0 aliphatic heterocycles. The lowest BCUT2D eigenvalue weighted by molar-refractivity contribution is 0.194. The maximum atomic E-state index is 8.68. The predicted octanol–water partition coefficient (Wildman–Crippen LogP) is 1.88. The summed E-state index contributed by atoms with van der Waals surface area (Å²) in [6.45, 7) is 3.85. The zero-order valence-electron chi connectivity index (χ0n) is 9.00. The Labute approximate surface area is 81.9 Å². The maximum absolute atomic E-state index is 8.68. The molecule has 1 N–H and O–H groups in total. The van der Waals surface area contributed by atoms with E-state index in [-0.39, 0.29) is 0 Å². The molecule has 2 atom stereocenters. The molecule has 2 heteroatoms. The second-order valence-electron chi connectivity index (χ2n) is 4.39. The SMILES string of the molecule is CC1CCCC1N(C)CCCCO. The van der Waals surface area contributed by atoms with Gasteiger partial charge in [-0.2, -0.15) is 0 Å². The number of hydrogen-bond acceptors (Lipinski definition) is 2. The van der Waals surface area contributed by atoms with Gasteiger partial charge in [0.1, 0.15) is 0 Å². The van der Waals surface area contributed by atoms with Crippen LogP contribution in [0.25, 0.3) is 0 Å². The molecule has 1 saturated carbocycles. The Balaban J connectivity index is 2.18. The summed E-state index contributed by atoms with van der Waals surface area (Å²) in [6, 6.07) is 0.804. The average Bonchev–Trinajstić information content (AvgIpc) is 2.52. The fourth-order valence-corrected chi connectivity index (χ4v) is 2.42. The van der Waals surface area contributed by atoms with Crippen molar-refractivity contribution in [2.75, 3.05) is 20.2 Å². The third-order valence-electron chi connectivity index (χ3n) is 3.30. The van der Waals surface area contributed by atoms with Crippen LogP contribution in [0.5, 0.6) is 0 Å². The Morgan fingerprint density at radius 2 is 2.08 bits per heavy atom. The molecule has 2 nitrogen and oxygen atoms in total. The molecular weight excluding hydrogens is 162 g/mol. The Bertz CT molecular complexity index is 138. The van der Waals surface area contributed by atoms with E-state index in [4.69, 9.17) is 5.11 Å². The van der Waals surface area contributed by atoms with Crippen molar-refractivity contribution in [3.05, 3.63) is 0 Å². The first-order valence-electron chi connectivity index (χ1n) is 5.57. The minimum atomic E-state index is 0.341. The van der Waals surface area contributed by atoms with E-state index in [9.17, 15) is 0 Å². The number of hydrogen-bond donors (Lipinski definition) is 1. The van der Waals surface area contributed by atoms with E-state index in [1.165, 1.54) is 19.3 Å². The van der Waals surface area contributed by atoms with Gasteiger partial charge in [-0.3, -0.25) is 0 Å². The molecule has 1 aliphatic carbocycles. The first-order chi connectivity index (χ1) is 6.25. The summed E-state index contributed by atoms with van der Waals surface area (Å²) in [7, 11) is 2.23. The van der Waals surface area contributed by atoms with E-state index in [0.717, 1.165) is 31.3 Å². The Morgan fingerprint density at radius 3 is 2.62 bits per heavy atom. The summed E-state index contributed by atoms with van der Waals surface area (Å²) >= 11 is 0. The van der Waals surface area contributed by atoms with Gasteiger partial charge in [-0.05, 0) is 45.2 Å². The van der Waals surface area contributed by atoms with E-state index in [1.54, 1.807) is 0 Å². The lowest BCUT2D eigenvalue weighted by Crippen LogP contribution is -2.34. The van der Waals surface area contributed by atoms with Gasteiger partial charge in [0.2, 0.25) is 0 Å². The van der Waals surface area contributed by atoms with Crippen LogP contribution >= 0.6 is 0 Å². The lowest BCUT2D eigenvalue weighted by Gasteiger charge is -2.27. The largest absolute Gasteiger partial charge is 0.396 e. The minimum absolute atomic E-state index is 0.341. The monoisotopic (exact) mass is 185 g/mol. The number of rotatable bonds is 5. The first kappa shape index (κ1) is 11.0. The van der Waals surface area contributed by atoms with E-state index in [2.05, 4.69) is 18.9 Å². The van der Waals surface area contributed by atoms with Crippen LogP contribution in [-0.2, 0) is 0 Å². The van der Waals surface area contributed by atoms with Crippen LogP contribution in [0.15, 0.2) is 0 Å². The number of aliphatic hydroxyl groups excluding tert-OH is 1. The van der Waals surface area contributed by atoms with E-state index >= 15 is 0 Å². The van der Waals surface area contributed by atoms with Crippen molar-refractivity contribution in [3.63, 3.8) is 0 Å². The second kappa shape index (κ2) is 5.61. The molecule has 1 aliphatic rings. The molecule has 2 unspecified atom stereocenters. The summed E-state index contributed by atoms with van der Waals surface area (Å²) in [5, 5.41) is 8.68. The summed E-state index contributed by atoms with van der Waals surface area (Å²) in [4.78, 5) is 2.48. The molecule has 0 aromatic heterocycles. The summed E-state index contributed by atoms with van der Waals surface area (Å²) in [5.41, 5.74) is 0. The zero-order valence-corrected chi connectivity index (χ0v) is 9.00. The highest BCUT2D eigenvalue weighted by Crippen LogP contribution is 2.28. The molecule has 1 fully saturated rings. The van der Waals surface area contributed by atoms with Crippen LogP contribution in [0.4, 0.5) is 0 Å². The first-order valence-corrected chi connectivity index (χ1v) is 5.57. The quantitative estimate of drug-likeness (QED) is 0.661. The van der Waals surface area contributed by atoms with Gasteiger partial charge < -0.3 is 10.0 Å². The van der Waals surface area contributed by atoms with E-state index in [0.29, 0.717) is 6.61 Å². The van der Waals surface area contributed by atoms with Gasteiger partial charge in [-0.1, -0.05) is 13.3 Å². The van der Waals surface area contributed by atoms with Crippen LogP contribution in [0.3, 0.4) is 0 Å². The number of unbranched alkanes of at least 4 members (excludes halogenated alkanes) is 1. The highest BCUT2D eigenvalue weighted by atomic mass is 16.2. The fraction of sp³-hybridized carbons (Fsp3) is 1.00. The smallest absolute Gasteiger partial charge is 0.0431 e. The summed E-state index contributed by atoms with van der Waals surface area (Å²) < 4.78 is 0. The normalized spacial score (nSPS) is 28.6. The van der Waals surface area contributed by atoms with Crippen LogP contribution in [-0.4, -0.2) is 36.2 Å². The van der Waals surface area contributed by atoms with Crippen molar-refractivity contribution in [1.82, 2.24) is 4.90 Å².